The lowest BCUT2D eigenvalue weighted by molar-refractivity contribution is 0.858. The Morgan fingerprint density at radius 1 is 1.67 bits per heavy atom. The van der Waals surface area contributed by atoms with E-state index in [4.69, 9.17) is 0 Å². The molecule has 0 atom stereocenters. The van der Waals surface area contributed by atoms with Crippen LogP contribution in [0.15, 0.2) is 23.9 Å². The fraction of sp³-hybridized carbons (Fsp3) is 0.500. The summed E-state index contributed by atoms with van der Waals surface area (Å²) in [6.07, 6.45) is 8.78. The molecule has 0 saturated carbocycles. The minimum absolute atomic E-state index is 1.08. The van der Waals surface area contributed by atoms with Crippen LogP contribution >= 0.6 is 0 Å². The summed E-state index contributed by atoms with van der Waals surface area (Å²) in [7, 11) is 0. The maximum absolute atomic E-state index is 3.18. The smallest absolute Gasteiger partial charge is 0.0176 e. The molecule has 0 amide bonds. The second-order valence-electron chi connectivity index (χ2n) is 2.21. The molecule has 0 aromatic heterocycles. The minimum Gasteiger partial charge on any atom is -0.391 e. The molecule has 0 unspecified atom stereocenters. The van der Waals surface area contributed by atoms with Gasteiger partial charge in [-0.3, -0.25) is 0 Å². The topological polar surface area (TPSA) is 12.0 Å². The first kappa shape index (κ1) is 6.40. The molecule has 1 N–H and O–H groups in total. The summed E-state index contributed by atoms with van der Waals surface area (Å²) in [4.78, 5) is 0. The third-order valence-corrected chi connectivity index (χ3v) is 1.52. The van der Waals surface area contributed by atoms with Crippen molar-refractivity contribution in [3.63, 3.8) is 0 Å². The summed E-state index contributed by atoms with van der Waals surface area (Å²) in [5, 5.41) is 3.18. The van der Waals surface area contributed by atoms with Crippen LogP contribution < -0.4 is 5.32 Å². The molecule has 9 heavy (non-hydrogen) atoms. The second-order valence-corrected chi connectivity index (χ2v) is 2.21. The van der Waals surface area contributed by atoms with Crippen molar-refractivity contribution in [2.45, 2.75) is 19.8 Å². The van der Waals surface area contributed by atoms with Crippen molar-refractivity contribution in [2.24, 2.45) is 0 Å². The zero-order chi connectivity index (χ0) is 6.53. The van der Waals surface area contributed by atoms with Crippen LogP contribution in [0.1, 0.15) is 19.8 Å². The largest absolute Gasteiger partial charge is 0.391 e. The summed E-state index contributed by atoms with van der Waals surface area (Å²) in [6.45, 7) is 3.27. The van der Waals surface area contributed by atoms with Crippen LogP contribution in [0.3, 0.4) is 0 Å². The predicted molar refractivity (Wildman–Crippen MR) is 40.1 cm³/mol. The molecule has 1 nitrogen and oxygen atoms in total. The molecule has 1 heterocycles. The Morgan fingerprint density at radius 3 is 3.33 bits per heavy atom. The van der Waals surface area contributed by atoms with Crippen molar-refractivity contribution in [1.82, 2.24) is 5.32 Å². The van der Waals surface area contributed by atoms with Crippen LogP contribution in [-0.4, -0.2) is 6.54 Å². The highest BCUT2D eigenvalue weighted by Gasteiger charge is 1.90. The molecule has 1 aliphatic heterocycles. The average Bonchev–Trinajstić information content (AvgIpc) is 2.13. The van der Waals surface area contributed by atoms with Crippen molar-refractivity contribution < 1.29 is 0 Å². The van der Waals surface area contributed by atoms with Crippen LogP contribution in [0.25, 0.3) is 0 Å². The van der Waals surface area contributed by atoms with Gasteiger partial charge in [0.05, 0.1) is 0 Å². The third kappa shape index (κ3) is 1.92. The van der Waals surface area contributed by atoms with E-state index in [1.165, 1.54) is 5.57 Å². The number of allylic oxidation sites excluding steroid dienone is 2. The molecule has 0 bridgehead atoms. The zero-order valence-corrected chi connectivity index (χ0v) is 5.85. The molecule has 0 aromatic carbocycles. The normalized spacial score (nSPS) is 18.1. The summed E-state index contributed by atoms with van der Waals surface area (Å²) in [6, 6.07) is 0. The average molecular weight is 123 g/mol. The Morgan fingerprint density at radius 2 is 2.56 bits per heavy atom. The van der Waals surface area contributed by atoms with Crippen LogP contribution in [-0.2, 0) is 0 Å². The van der Waals surface area contributed by atoms with Crippen LogP contribution in [0.4, 0.5) is 0 Å². The highest BCUT2D eigenvalue weighted by Crippen LogP contribution is 2.04. The van der Waals surface area contributed by atoms with Gasteiger partial charge < -0.3 is 5.32 Å². The van der Waals surface area contributed by atoms with E-state index in [1.807, 2.05) is 6.20 Å². The monoisotopic (exact) mass is 123 g/mol. The van der Waals surface area contributed by atoms with E-state index in [9.17, 15) is 0 Å². The second kappa shape index (κ2) is 3.33. The number of rotatable bonds is 1. The first-order chi connectivity index (χ1) is 4.43. The lowest BCUT2D eigenvalue weighted by Crippen LogP contribution is -2.03. The lowest BCUT2D eigenvalue weighted by atomic mass is 10.2. The Labute approximate surface area is 56.5 Å². The van der Waals surface area contributed by atoms with Gasteiger partial charge in [-0.1, -0.05) is 18.6 Å². The molecular formula is C8H13N. The van der Waals surface area contributed by atoms with Gasteiger partial charge in [-0.2, -0.15) is 0 Å². The summed E-state index contributed by atoms with van der Waals surface area (Å²) < 4.78 is 0. The Balaban J connectivity index is 2.53. The van der Waals surface area contributed by atoms with Crippen molar-refractivity contribution in [2.75, 3.05) is 6.54 Å². The highest BCUT2D eigenvalue weighted by atomic mass is 14.8. The van der Waals surface area contributed by atoms with Crippen molar-refractivity contribution in [3.8, 4) is 0 Å². The molecule has 0 fully saturated rings. The molecule has 0 aliphatic carbocycles. The van der Waals surface area contributed by atoms with Gasteiger partial charge in [0.15, 0.2) is 0 Å². The first-order valence-electron chi connectivity index (χ1n) is 3.52. The van der Waals surface area contributed by atoms with Crippen LogP contribution in [0.2, 0.25) is 0 Å². The molecule has 0 saturated heterocycles. The van der Waals surface area contributed by atoms with Gasteiger partial charge in [0.1, 0.15) is 0 Å². The zero-order valence-electron chi connectivity index (χ0n) is 5.85. The minimum atomic E-state index is 1.08. The molecule has 1 rings (SSSR count). The van der Waals surface area contributed by atoms with Crippen LogP contribution in [0, 0.1) is 0 Å². The first-order valence-corrected chi connectivity index (χ1v) is 3.52. The van der Waals surface area contributed by atoms with Gasteiger partial charge in [0, 0.05) is 6.54 Å². The standard InChI is InChI=1S/C8H13N/c1-2-8-4-3-6-9-7-5-8/h4-5,7,9H,2-3,6H2,1H3. The Kier molecular flexibility index (Phi) is 2.37. The summed E-state index contributed by atoms with van der Waals surface area (Å²) in [5.74, 6) is 0. The van der Waals surface area contributed by atoms with Gasteiger partial charge in [-0.15, -0.1) is 0 Å². The predicted octanol–water partition coefficient (Wildman–Crippen LogP) is 1.83. The summed E-state index contributed by atoms with van der Waals surface area (Å²) in [5.41, 5.74) is 1.44. The van der Waals surface area contributed by atoms with E-state index in [0.717, 1.165) is 19.4 Å². The van der Waals surface area contributed by atoms with E-state index < -0.39 is 0 Å². The maximum Gasteiger partial charge on any atom is 0.0176 e. The fourth-order valence-corrected chi connectivity index (χ4v) is 0.920. The Bertz CT molecular complexity index is 134. The highest BCUT2D eigenvalue weighted by molar-refractivity contribution is 5.19. The maximum atomic E-state index is 3.18. The van der Waals surface area contributed by atoms with Gasteiger partial charge >= 0.3 is 0 Å². The van der Waals surface area contributed by atoms with Gasteiger partial charge in [-0.05, 0) is 25.1 Å². The molecule has 0 radical (unpaired) electrons. The SMILES string of the molecule is CCC1=CCCNC=C1. The third-order valence-electron chi connectivity index (χ3n) is 1.52. The number of hydrogen-bond donors (Lipinski definition) is 1. The fourth-order valence-electron chi connectivity index (χ4n) is 0.920. The molecule has 1 aliphatic rings. The van der Waals surface area contributed by atoms with Gasteiger partial charge in [0.2, 0.25) is 0 Å². The molecule has 50 valence electrons. The summed E-state index contributed by atoms with van der Waals surface area (Å²) >= 11 is 0. The van der Waals surface area contributed by atoms with E-state index in [0.29, 0.717) is 0 Å². The Hall–Kier alpha value is -0.720. The molecule has 0 aromatic rings. The van der Waals surface area contributed by atoms with E-state index >= 15 is 0 Å². The number of hydrogen-bond acceptors (Lipinski definition) is 1. The van der Waals surface area contributed by atoms with Crippen LogP contribution in [0.5, 0.6) is 0 Å². The van der Waals surface area contributed by atoms with E-state index in [2.05, 4.69) is 24.4 Å². The molecular weight excluding hydrogens is 110 g/mol. The molecule has 1 heteroatoms. The van der Waals surface area contributed by atoms with Gasteiger partial charge in [-0.25, -0.2) is 0 Å². The van der Waals surface area contributed by atoms with Crippen molar-refractivity contribution >= 4 is 0 Å². The lowest BCUT2D eigenvalue weighted by Gasteiger charge is -1.90. The van der Waals surface area contributed by atoms with E-state index in [-0.39, 0.29) is 0 Å². The molecule has 0 spiro atoms. The van der Waals surface area contributed by atoms with Gasteiger partial charge in [0.25, 0.3) is 0 Å². The van der Waals surface area contributed by atoms with Crippen molar-refractivity contribution in [1.29, 1.82) is 0 Å². The quantitative estimate of drug-likeness (QED) is 0.561. The van der Waals surface area contributed by atoms with E-state index in [1.54, 1.807) is 0 Å². The van der Waals surface area contributed by atoms with Crippen molar-refractivity contribution in [3.05, 3.63) is 23.9 Å². The number of nitrogens with one attached hydrogen (secondary N) is 1.